The predicted molar refractivity (Wildman–Crippen MR) is 113 cm³/mol. The van der Waals surface area contributed by atoms with Gasteiger partial charge in [0.05, 0.1) is 6.61 Å². The highest BCUT2D eigenvalue weighted by atomic mass is 32.2. The van der Waals surface area contributed by atoms with Gasteiger partial charge in [0.2, 0.25) is 5.69 Å². The Hall–Kier alpha value is -2.59. The van der Waals surface area contributed by atoms with Crippen LogP contribution in [0.2, 0.25) is 0 Å². The number of aromatic amines is 1. The van der Waals surface area contributed by atoms with Gasteiger partial charge in [-0.3, -0.25) is 9.89 Å². The molecule has 2 aromatic heterocycles. The number of thioether (sulfide) groups is 2. The zero-order chi connectivity index (χ0) is 21.3. The van der Waals surface area contributed by atoms with Crippen LogP contribution in [0.5, 0.6) is 0 Å². The van der Waals surface area contributed by atoms with Gasteiger partial charge < -0.3 is 9.26 Å². The lowest BCUT2D eigenvalue weighted by Crippen LogP contribution is -2.14. The highest BCUT2D eigenvalue weighted by Crippen LogP contribution is 2.44. The number of ether oxygens (including phenoxy) is 1. The van der Waals surface area contributed by atoms with Gasteiger partial charge >= 0.3 is 5.97 Å². The number of hydrogen-bond acceptors (Lipinski definition) is 9. The molecule has 1 aliphatic rings. The van der Waals surface area contributed by atoms with Crippen LogP contribution in [-0.4, -0.2) is 51.2 Å². The van der Waals surface area contributed by atoms with Crippen molar-refractivity contribution in [2.45, 2.75) is 35.5 Å². The molecule has 0 bridgehead atoms. The minimum Gasteiger partial charge on any atom is -0.461 e. The summed E-state index contributed by atoms with van der Waals surface area (Å²) < 4.78 is 10.5. The first-order valence-corrected chi connectivity index (χ1v) is 11.9. The summed E-state index contributed by atoms with van der Waals surface area (Å²) in [4.78, 5) is 32.0. The monoisotopic (exact) mass is 444 g/mol. The van der Waals surface area contributed by atoms with E-state index in [1.807, 2.05) is 18.6 Å². The number of benzene rings is 1. The summed E-state index contributed by atoms with van der Waals surface area (Å²) in [5.74, 6) is 0.283. The van der Waals surface area contributed by atoms with E-state index < -0.39 is 5.97 Å². The minimum absolute atomic E-state index is 0.0548. The van der Waals surface area contributed by atoms with Crippen LogP contribution < -0.4 is 0 Å². The standard InChI is InChI=1S/C20H20N4O4S2/c1-4-27-20(26)14-13(16(28-24-14)10-5-6-10)15(25)11-7-8-12(19-21-9-22-23-19)18(30-3)17(11)29-2/h7-10H,4-6H2,1-3H3,(H,21,22,23). The molecule has 1 aliphatic carbocycles. The first kappa shape index (κ1) is 20.7. The normalized spacial score (nSPS) is 13.4. The zero-order valence-electron chi connectivity index (χ0n) is 16.7. The van der Waals surface area contributed by atoms with Gasteiger partial charge in [-0.25, -0.2) is 9.78 Å². The number of nitrogens with zero attached hydrogens (tertiary/aromatic N) is 3. The number of esters is 1. The van der Waals surface area contributed by atoms with E-state index in [2.05, 4.69) is 20.3 Å². The quantitative estimate of drug-likeness (QED) is 0.310. The van der Waals surface area contributed by atoms with Gasteiger partial charge in [-0.1, -0.05) is 5.16 Å². The van der Waals surface area contributed by atoms with Crippen LogP contribution in [0.3, 0.4) is 0 Å². The molecule has 156 valence electrons. The average Bonchev–Trinajstić information content (AvgIpc) is 3.27. The topological polar surface area (TPSA) is 111 Å². The lowest BCUT2D eigenvalue weighted by Gasteiger charge is -2.14. The Kier molecular flexibility index (Phi) is 5.96. The van der Waals surface area contributed by atoms with Gasteiger partial charge in [-0.05, 0) is 44.4 Å². The van der Waals surface area contributed by atoms with Crippen molar-refractivity contribution >= 4 is 35.3 Å². The average molecular weight is 445 g/mol. The van der Waals surface area contributed by atoms with E-state index in [9.17, 15) is 9.59 Å². The molecule has 0 saturated heterocycles. The molecular weight excluding hydrogens is 424 g/mol. The van der Waals surface area contributed by atoms with Crippen molar-refractivity contribution < 1.29 is 18.8 Å². The Labute approximate surface area is 181 Å². The number of rotatable bonds is 8. The third-order valence-corrected chi connectivity index (χ3v) is 6.59. The molecule has 2 heterocycles. The van der Waals surface area contributed by atoms with Crippen molar-refractivity contribution in [3.63, 3.8) is 0 Å². The van der Waals surface area contributed by atoms with Crippen LogP contribution in [0.4, 0.5) is 0 Å². The lowest BCUT2D eigenvalue weighted by molar-refractivity contribution is 0.0512. The number of hydrogen-bond donors (Lipinski definition) is 1. The Morgan fingerprint density at radius 2 is 2.00 bits per heavy atom. The fourth-order valence-electron chi connectivity index (χ4n) is 3.29. The second kappa shape index (κ2) is 8.65. The van der Waals surface area contributed by atoms with Gasteiger partial charge in [0.1, 0.15) is 11.9 Å². The molecule has 0 spiro atoms. The summed E-state index contributed by atoms with van der Waals surface area (Å²) in [6.45, 7) is 1.90. The summed E-state index contributed by atoms with van der Waals surface area (Å²) >= 11 is 2.99. The molecule has 0 atom stereocenters. The van der Waals surface area contributed by atoms with Crippen LogP contribution in [0, 0.1) is 0 Å². The van der Waals surface area contributed by atoms with E-state index in [-0.39, 0.29) is 29.6 Å². The van der Waals surface area contributed by atoms with Gasteiger partial charge in [-0.2, -0.15) is 5.10 Å². The first-order chi connectivity index (χ1) is 14.6. The van der Waals surface area contributed by atoms with Crippen LogP contribution in [0.25, 0.3) is 11.4 Å². The van der Waals surface area contributed by atoms with Crippen LogP contribution >= 0.6 is 23.5 Å². The van der Waals surface area contributed by atoms with E-state index in [0.717, 1.165) is 28.2 Å². The second-order valence-electron chi connectivity index (χ2n) is 6.66. The van der Waals surface area contributed by atoms with E-state index in [1.54, 1.807) is 13.0 Å². The fourth-order valence-corrected chi connectivity index (χ4v) is 5.14. The first-order valence-electron chi connectivity index (χ1n) is 9.42. The Morgan fingerprint density at radius 3 is 2.60 bits per heavy atom. The van der Waals surface area contributed by atoms with E-state index in [4.69, 9.17) is 9.26 Å². The number of aromatic nitrogens is 4. The van der Waals surface area contributed by atoms with Crippen molar-refractivity contribution in [2.75, 3.05) is 19.1 Å². The summed E-state index contributed by atoms with van der Waals surface area (Å²) in [5, 5.41) is 10.7. The molecule has 8 nitrogen and oxygen atoms in total. The SMILES string of the molecule is CCOC(=O)c1noc(C2CC2)c1C(=O)c1ccc(-c2ncn[nH]2)c(SC)c1SC. The predicted octanol–water partition coefficient (Wildman–Crippen LogP) is 4.19. The molecule has 0 radical (unpaired) electrons. The lowest BCUT2D eigenvalue weighted by atomic mass is 9.98. The highest BCUT2D eigenvalue weighted by Gasteiger charge is 2.38. The molecule has 0 unspecified atom stereocenters. The maximum Gasteiger partial charge on any atom is 0.361 e. The summed E-state index contributed by atoms with van der Waals surface area (Å²) in [5.41, 5.74) is 1.51. The maximum absolute atomic E-state index is 13.7. The third kappa shape index (κ3) is 3.65. The van der Waals surface area contributed by atoms with E-state index in [1.165, 1.54) is 29.9 Å². The molecule has 1 N–H and O–H groups in total. The molecule has 1 saturated carbocycles. The van der Waals surface area contributed by atoms with Crippen molar-refractivity contribution in [1.29, 1.82) is 0 Å². The van der Waals surface area contributed by atoms with Crippen LogP contribution in [-0.2, 0) is 4.74 Å². The Bertz CT molecular complexity index is 1090. The highest BCUT2D eigenvalue weighted by molar-refractivity contribution is 8.01. The van der Waals surface area contributed by atoms with Gasteiger partial charge in [0.25, 0.3) is 0 Å². The molecule has 10 heteroatoms. The largest absolute Gasteiger partial charge is 0.461 e. The molecule has 3 aromatic rings. The molecule has 0 amide bonds. The van der Waals surface area contributed by atoms with E-state index in [0.29, 0.717) is 17.1 Å². The van der Waals surface area contributed by atoms with Gasteiger partial charge in [0, 0.05) is 26.8 Å². The number of ketones is 1. The number of nitrogens with one attached hydrogen (secondary N) is 1. The number of carbonyl (C=O) groups is 2. The fraction of sp³-hybridized carbons (Fsp3) is 0.350. The summed E-state index contributed by atoms with van der Waals surface area (Å²) in [7, 11) is 0. The number of H-pyrrole nitrogens is 1. The summed E-state index contributed by atoms with van der Waals surface area (Å²) in [6.07, 6.45) is 7.13. The van der Waals surface area contributed by atoms with Crippen molar-refractivity contribution in [2.24, 2.45) is 0 Å². The van der Waals surface area contributed by atoms with Crippen LogP contribution in [0.15, 0.2) is 32.8 Å². The molecule has 1 fully saturated rings. The van der Waals surface area contributed by atoms with Crippen molar-refractivity contribution in [1.82, 2.24) is 20.3 Å². The van der Waals surface area contributed by atoms with E-state index >= 15 is 0 Å². The molecular formula is C20H20N4O4S2. The van der Waals surface area contributed by atoms with Crippen LogP contribution in [0.1, 0.15) is 57.9 Å². The number of carbonyl (C=O) groups excluding carboxylic acids is 2. The smallest absolute Gasteiger partial charge is 0.361 e. The molecule has 4 rings (SSSR count). The zero-order valence-corrected chi connectivity index (χ0v) is 18.4. The minimum atomic E-state index is -0.648. The van der Waals surface area contributed by atoms with Crippen molar-refractivity contribution in [3.05, 3.63) is 41.0 Å². The third-order valence-electron chi connectivity index (χ3n) is 4.80. The van der Waals surface area contributed by atoms with Gasteiger partial charge in [0.15, 0.2) is 17.4 Å². The van der Waals surface area contributed by atoms with Gasteiger partial charge in [-0.15, -0.1) is 23.5 Å². The Balaban J connectivity index is 1.84. The molecule has 30 heavy (non-hydrogen) atoms. The summed E-state index contributed by atoms with van der Waals surface area (Å²) in [6, 6.07) is 3.60. The van der Waals surface area contributed by atoms with Crippen molar-refractivity contribution in [3.8, 4) is 11.4 Å². The molecule has 0 aliphatic heterocycles. The molecule has 1 aromatic carbocycles. The maximum atomic E-state index is 13.7. The Morgan fingerprint density at radius 1 is 1.23 bits per heavy atom. The second-order valence-corrected chi connectivity index (χ2v) is 8.29.